The van der Waals surface area contributed by atoms with Gasteiger partial charge in [0.1, 0.15) is 0 Å². The molecule has 18 heavy (non-hydrogen) atoms. The Kier molecular flexibility index (Phi) is 3.57. The van der Waals surface area contributed by atoms with E-state index in [1.165, 1.54) is 16.8 Å². The van der Waals surface area contributed by atoms with Crippen LogP contribution in [0.4, 0.5) is 0 Å². The highest BCUT2D eigenvalue weighted by molar-refractivity contribution is 9.10. The minimum Gasteiger partial charge on any atom is -0.478 e. The zero-order chi connectivity index (χ0) is 13.1. The maximum Gasteiger partial charge on any atom is 0.337 e. The van der Waals surface area contributed by atoms with Gasteiger partial charge in [0.15, 0.2) is 0 Å². The van der Waals surface area contributed by atoms with Crippen molar-refractivity contribution in [2.24, 2.45) is 0 Å². The summed E-state index contributed by atoms with van der Waals surface area (Å²) < 4.78 is 1.83. The lowest BCUT2D eigenvalue weighted by Gasteiger charge is -2.07. The third-order valence-electron chi connectivity index (χ3n) is 2.41. The Balaban J connectivity index is 2.44. The van der Waals surface area contributed by atoms with Crippen LogP contribution in [0.15, 0.2) is 45.9 Å². The lowest BCUT2D eigenvalue weighted by Crippen LogP contribution is -2.22. The Morgan fingerprint density at radius 1 is 1.39 bits per heavy atom. The molecule has 0 aromatic carbocycles. The Morgan fingerprint density at radius 3 is 2.89 bits per heavy atom. The number of hydrogen-bond acceptors (Lipinski definition) is 3. The summed E-state index contributed by atoms with van der Waals surface area (Å²) in [6.07, 6.45) is 3.10. The van der Waals surface area contributed by atoms with Crippen molar-refractivity contribution in [1.82, 2.24) is 9.55 Å². The van der Waals surface area contributed by atoms with Gasteiger partial charge in [-0.2, -0.15) is 0 Å². The number of carboxylic acids is 1. The molecule has 0 saturated carbocycles. The number of carboxylic acid groups (broad SMARTS) is 1. The fourth-order valence-electron chi connectivity index (χ4n) is 1.55. The van der Waals surface area contributed by atoms with Crippen LogP contribution in [0, 0.1) is 0 Å². The molecule has 92 valence electrons. The maximum atomic E-state index is 11.8. The van der Waals surface area contributed by atoms with Crippen molar-refractivity contribution in [1.29, 1.82) is 0 Å². The first kappa shape index (κ1) is 12.5. The van der Waals surface area contributed by atoms with E-state index < -0.39 is 5.97 Å². The van der Waals surface area contributed by atoms with Gasteiger partial charge in [-0.3, -0.25) is 9.78 Å². The summed E-state index contributed by atoms with van der Waals surface area (Å²) in [4.78, 5) is 26.8. The van der Waals surface area contributed by atoms with Crippen molar-refractivity contribution in [3.8, 4) is 0 Å². The lowest BCUT2D eigenvalue weighted by atomic mass is 10.2. The minimum atomic E-state index is -1.05. The zero-order valence-corrected chi connectivity index (χ0v) is 10.8. The predicted molar refractivity (Wildman–Crippen MR) is 68.7 cm³/mol. The van der Waals surface area contributed by atoms with Crippen molar-refractivity contribution in [2.75, 3.05) is 0 Å². The molecule has 0 unspecified atom stereocenters. The molecule has 0 aliphatic carbocycles. The average Bonchev–Trinajstić information content (AvgIpc) is 2.35. The average molecular weight is 309 g/mol. The Bertz CT molecular complexity index is 652. The topological polar surface area (TPSA) is 72.2 Å². The smallest absolute Gasteiger partial charge is 0.337 e. The third kappa shape index (κ3) is 2.48. The van der Waals surface area contributed by atoms with Crippen LogP contribution in [0.25, 0.3) is 0 Å². The molecule has 0 saturated heterocycles. The Hall–Kier alpha value is -1.95. The highest BCUT2D eigenvalue weighted by atomic mass is 79.9. The number of halogens is 1. The molecule has 2 aromatic heterocycles. The largest absolute Gasteiger partial charge is 0.478 e. The van der Waals surface area contributed by atoms with E-state index in [1.807, 2.05) is 0 Å². The van der Waals surface area contributed by atoms with Gasteiger partial charge in [-0.05, 0) is 40.2 Å². The molecule has 2 heterocycles. The van der Waals surface area contributed by atoms with Crippen molar-refractivity contribution >= 4 is 21.9 Å². The number of carbonyl (C=O) groups is 1. The highest BCUT2D eigenvalue weighted by Crippen LogP contribution is 2.08. The van der Waals surface area contributed by atoms with E-state index in [2.05, 4.69) is 20.9 Å². The van der Waals surface area contributed by atoms with E-state index in [4.69, 9.17) is 5.11 Å². The van der Waals surface area contributed by atoms with Crippen molar-refractivity contribution in [3.05, 3.63) is 62.7 Å². The molecule has 0 spiro atoms. The molecular formula is C12H9BrN2O3. The van der Waals surface area contributed by atoms with Gasteiger partial charge in [0.2, 0.25) is 0 Å². The van der Waals surface area contributed by atoms with Gasteiger partial charge in [0.05, 0.1) is 22.3 Å². The van der Waals surface area contributed by atoms with Crippen LogP contribution < -0.4 is 5.56 Å². The number of aromatic nitrogens is 2. The standard InChI is InChI=1S/C12H9BrN2O3/c13-9-4-2-6-15(11(9)16)7-10-8(12(17)18)3-1-5-14-10/h1-6H,7H2,(H,17,18). The van der Waals surface area contributed by atoms with E-state index in [1.54, 1.807) is 24.4 Å². The van der Waals surface area contributed by atoms with Gasteiger partial charge in [-0.15, -0.1) is 0 Å². The second kappa shape index (κ2) is 5.14. The Labute approximate surface area is 111 Å². The predicted octanol–water partition coefficient (Wildman–Crippen LogP) is 1.75. The molecule has 6 heteroatoms. The second-order valence-electron chi connectivity index (χ2n) is 3.59. The summed E-state index contributed by atoms with van der Waals surface area (Å²) in [5.41, 5.74) is 0.231. The third-order valence-corrected chi connectivity index (χ3v) is 3.02. The highest BCUT2D eigenvalue weighted by Gasteiger charge is 2.11. The van der Waals surface area contributed by atoms with Crippen LogP contribution in [0.5, 0.6) is 0 Å². The zero-order valence-electron chi connectivity index (χ0n) is 9.21. The number of hydrogen-bond donors (Lipinski definition) is 1. The quantitative estimate of drug-likeness (QED) is 0.937. The van der Waals surface area contributed by atoms with E-state index >= 15 is 0 Å². The summed E-state index contributed by atoms with van der Waals surface area (Å²) in [6, 6.07) is 6.36. The van der Waals surface area contributed by atoms with Crippen LogP contribution >= 0.6 is 15.9 Å². The molecule has 2 aromatic rings. The molecule has 0 amide bonds. The van der Waals surface area contributed by atoms with Crippen LogP contribution in [0.2, 0.25) is 0 Å². The Morgan fingerprint density at radius 2 is 2.17 bits per heavy atom. The summed E-state index contributed by atoms with van der Waals surface area (Å²) >= 11 is 3.14. The monoisotopic (exact) mass is 308 g/mol. The summed E-state index contributed by atoms with van der Waals surface area (Å²) in [5, 5.41) is 9.03. The van der Waals surface area contributed by atoms with Gasteiger partial charge in [-0.1, -0.05) is 0 Å². The first-order chi connectivity index (χ1) is 8.59. The van der Waals surface area contributed by atoms with Crippen molar-refractivity contribution in [2.45, 2.75) is 6.54 Å². The molecule has 0 fully saturated rings. The van der Waals surface area contributed by atoms with Crippen LogP contribution in [0.3, 0.4) is 0 Å². The van der Waals surface area contributed by atoms with E-state index in [0.29, 0.717) is 10.2 Å². The van der Waals surface area contributed by atoms with Crippen LogP contribution in [0.1, 0.15) is 16.1 Å². The molecular weight excluding hydrogens is 300 g/mol. The molecule has 0 aliphatic heterocycles. The fraction of sp³-hybridized carbons (Fsp3) is 0.0833. The molecule has 1 N–H and O–H groups in total. The molecule has 0 atom stereocenters. The van der Waals surface area contributed by atoms with Gasteiger partial charge < -0.3 is 9.67 Å². The fourth-order valence-corrected chi connectivity index (χ4v) is 1.93. The summed E-state index contributed by atoms with van der Waals surface area (Å²) in [6.45, 7) is 0.126. The van der Waals surface area contributed by atoms with Gasteiger partial charge in [0, 0.05) is 12.4 Å². The van der Waals surface area contributed by atoms with Gasteiger partial charge in [0.25, 0.3) is 5.56 Å². The van der Waals surface area contributed by atoms with E-state index in [0.717, 1.165) is 0 Å². The number of nitrogens with zero attached hydrogens (tertiary/aromatic N) is 2. The maximum absolute atomic E-state index is 11.8. The molecule has 5 nitrogen and oxygen atoms in total. The molecule has 0 bridgehead atoms. The number of aromatic carboxylic acids is 1. The SMILES string of the molecule is O=C(O)c1cccnc1Cn1cccc(Br)c1=O. The number of rotatable bonds is 3. The normalized spacial score (nSPS) is 10.3. The molecule has 0 aliphatic rings. The number of pyridine rings is 2. The molecule has 2 rings (SSSR count). The van der Waals surface area contributed by atoms with Crippen LogP contribution in [-0.4, -0.2) is 20.6 Å². The van der Waals surface area contributed by atoms with E-state index in [-0.39, 0.29) is 17.7 Å². The summed E-state index contributed by atoms with van der Waals surface area (Å²) in [7, 11) is 0. The minimum absolute atomic E-state index is 0.101. The van der Waals surface area contributed by atoms with Crippen molar-refractivity contribution in [3.63, 3.8) is 0 Å². The lowest BCUT2D eigenvalue weighted by molar-refractivity contribution is 0.0695. The van der Waals surface area contributed by atoms with E-state index in [9.17, 15) is 9.59 Å². The second-order valence-corrected chi connectivity index (χ2v) is 4.45. The van der Waals surface area contributed by atoms with Crippen molar-refractivity contribution < 1.29 is 9.90 Å². The molecule has 0 radical (unpaired) electrons. The summed E-state index contributed by atoms with van der Waals surface area (Å²) in [5.74, 6) is -1.05. The van der Waals surface area contributed by atoms with Gasteiger partial charge in [-0.25, -0.2) is 4.79 Å². The van der Waals surface area contributed by atoms with Crippen LogP contribution in [-0.2, 0) is 6.54 Å². The first-order valence-electron chi connectivity index (χ1n) is 5.11. The first-order valence-corrected chi connectivity index (χ1v) is 5.91. The van der Waals surface area contributed by atoms with Gasteiger partial charge >= 0.3 is 5.97 Å².